The summed E-state index contributed by atoms with van der Waals surface area (Å²) in [4.78, 5) is 17.0. The van der Waals surface area contributed by atoms with Crippen LogP contribution < -0.4 is 0 Å². The summed E-state index contributed by atoms with van der Waals surface area (Å²) in [7, 11) is 0. The standard InChI is InChI=1S/C6H8N2O2/c1-3-8-5(4-7-2)6(9)10/h3-4H,2H2,1H3,(H,9,10)/b5-4-,8-3?. The van der Waals surface area contributed by atoms with Gasteiger partial charge in [0, 0.05) is 6.21 Å². The Labute approximate surface area is 58.6 Å². The van der Waals surface area contributed by atoms with E-state index in [1.165, 1.54) is 6.21 Å². The highest BCUT2D eigenvalue weighted by Crippen LogP contribution is 1.94. The smallest absolute Gasteiger partial charge is 0.356 e. The van der Waals surface area contributed by atoms with E-state index in [1.54, 1.807) is 6.92 Å². The van der Waals surface area contributed by atoms with Gasteiger partial charge in [-0.15, -0.1) is 0 Å². The maximum Gasteiger partial charge on any atom is 0.356 e. The van der Waals surface area contributed by atoms with Crippen LogP contribution in [0.2, 0.25) is 0 Å². The van der Waals surface area contributed by atoms with Crippen LogP contribution in [0.5, 0.6) is 0 Å². The third-order valence-electron chi connectivity index (χ3n) is 0.701. The second-order valence-corrected chi connectivity index (χ2v) is 1.39. The lowest BCUT2D eigenvalue weighted by molar-refractivity contribution is -0.132. The minimum atomic E-state index is -1.11. The molecular weight excluding hydrogens is 132 g/mol. The van der Waals surface area contributed by atoms with Crippen LogP contribution in [0.25, 0.3) is 0 Å². The molecule has 0 aliphatic rings. The number of hydrogen-bond acceptors (Lipinski definition) is 3. The lowest BCUT2D eigenvalue weighted by atomic mass is 10.5. The van der Waals surface area contributed by atoms with Crippen molar-refractivity contribution in [2.45, 2.75) is 6.92 Å². The lowest BCUT2D eigenvalue weighted by Gasteiger charge is -1.88. The molecule has 4 heteroatoms. The van der Waals surface area contributed by atoms with Crippen molar-refractivity contribution in [3.8, 4) is 0 Å². The molecule has 54 valence electrons. The van der Waals surface area contributed by atoms with Crippen molar-refractivity contribution in [1.29, 1.82) is 0 Å². The van der Waals surface area contributed by atoms with Gasteiger partial charge in [0.25, 0.3) is 0 Å². The van der Waals surface area contributed by atoms with Gasteiger partial charge in [-0.2, -0.15) is 0 Å². The number of carboxylic acids is 1. The summed E-state index contributed by atoms with van der Waals surface area (Å²) in [6.07, 6.45) is 2.47. The van der Waals surface area contributed by atoms with Crippen LogP contribution in [0, 0.1) is 0 Å². The summed E-state index contributed by atoms with van der Waals surface area (Å²) in [5.74, 6) is -1.11. The number of nitrogens with zero attached hydrogens (tertiary/aromatic N) is 2. The SMILES string of the molecule is C=N/C=C(\N=CC)C(=O)O. The zero-order valence-electron chi connectivity index (χ0n) is 5.61. The fourth-order valence-corrected chi connectivity index (χ4v) is 0.369. The molecule has 0 radical (unpaired) electrons. The van der Waals surface area contributed by atoms with Crippen molar-refractivity contribution >= 4 is 18.9 Å². The van der Waals surface area contributed by atoms with E-state index in [2.05, 4.69) is 16.7 Å². The summed E-state index contributed by atoms with van der Waals surface area (Å²) >= 11 is 0. The van der Waals surface area contributed by atoms with Crippen molar-refractivity contribution in [3.63, 3.8) is 0 Å². The van der Waals surface area contributed by atoms with Crippen molar-refractivity contribution in [1.82, 2.24) is 0 Å². The largest absolute Gasteiger partial charge is 0.476 e. The van der Waals surface area contributed by atoms with Crippen molar-refractivity contribution in [2.24, 2.45) is 9.98 Å². The quantitative estimate of drug-likeness (QED) is 0.463. The maximum absolute atomic E-state index is 10.2. The number of aliphatic carboxylic acids is 1. The number of aliphatic imine (C=N–C) groups is 2. The van der Waals surface area contributed by atoms with Gasteiger partial charge in [0.15, 0.2) is 5.70 Å². The first-order valence-corrected chi connectivity index (χ1v) is 2.60. The molecule has 0 aromatic rings. The molecule has 0 amide bonds. The molecule has 0 unspecified atom stereocenters. The average molecular weight is 140 g/mol. The van der Waals surface area contributed by atoms with E-state index in [0.29, 0.717) is 0 Å². The van der Waals surface area contributed by atoms with E-state index < -0.39 is 5.97 Å². The molecule has 0 heterocycles. The molecule has 0 saturated carbocycles. The zero-order valence-corrected chi connectivity index (χ0v) is 5.61. The Kier molecular flexibility index (Phi) is 3.79. The first-order chi connectivity index (χ1) is 4.72. The summed E-state index contributed by atoms with van der Waals surface area (Å²) in [6.45, 7) is 4.73. The molecule has 0 bridgehead atoms. The van der Waals surface area contributed by atoms with E-state index in [0.717, 1.165) is 6.20 Å². The maximum atomic E-state index is 10.2. The van der Waals surface area contributed by atoms with Gasteiger partial charge in [-0.1, -0.05) is 0 Å². The predicted octanol–water partition coefficient (Wildman–Crippen LogP) is 0.704. The fraction of sp³-hybridized carbons (Fsp3) is 0.167. The highest BCUT2D eigenvalue weighted by Gasteiger charge is 2.01. The van der Waals surface area contributed by atoms with Crippen LogP contribution in [0.4, 0.5) is 0 Å². The molecule has 0 saturated heterocycles. The van der Waals surface area contributed by atoms with Crippen LogP contribution in [-0.4, -0.2) is 24.0 Å². The third kappa shape index (κ3) is 2.76. The van der Waals surface area contributed by atoms with Gasteiger partial charge in [0.1, 0.15) is 0 Å². The lowest BCUT2D eigenvalue weighted by Crippen LogP contribution is -1.96. The third-order valence-corrected chi connectivity index (χ3v) is 0.701. The number of carbonyl (C=O) groups is 1. The van der Waals surface area contributed by atoms with Crippen LogP contribution in [0.15, 0.2) is 21.9 Å². The van der Waals surface area contributed by atoms with Gasteiger partial charge in [-0.25, -0.2) is 4.79 Å². The fourth-order valence-electron chi connectivity index (χ4n) is 0.369. The number of carboxylic acid groups (broad SMARTS) is 1. The van der Waals surface area contributed by atoms with Gasteiger partial charge < -0.3 is 5.11 Å². The van der Waals surface area contributed by atoms with E-state index in [9.17, 15) is 4.79 Å². The topological polar surface area (TPSA) is 62.0 Å². The highest BCUT2D eigenvalue weighted by atomic mass is 16.4. The van der Waals surface area contributed by atoms with Gasteiger partial charge >= 0.3 is 5.97 Å². The predicted molar refractivity (Wildman–Crippen MR) is 39.4 cm³/mol. The molecule has 4 nitrogen and oxygen atoms in total. The number of hydrogen-bond donors (Lipinski definition) is 1. The Bertz CT molecular complexity index is 194. The van der Waals surface area contributed by atoms with Crippen molar-refractivity contribution in [2.75, 3.05) is 0 Å². The van der Waals surface area contributed by atoms with Crippen molar-refractivity contribution in [3.05, 3.63) is 11.9 Å². The molecular formula is C6H8N2O2. The Morgan fingerprint density at radius 3 is 2.60 bits per heavy atom. The van der Waals surface area contributed by atoms with Gasteiger partial charge in [0.05, 0.1) is 6.20 Å². The Morgan fingerprint density at radius 1 is 1.70 bits per heavy atom. The van der Waals surface area contributed by atoms with E-state index in [4.69, 9.17) is 5.11 Å². The molecule has 0 rings (SSSR count). The van der Waals surface area contributed by atoms with E-state index >= 15 is 0 Å². The second kappa shape index (κ2) is 4.43. The van der Waals surface area contributed by atoms with Gasteiger partial charge in [-0.05, 0) is 13.6 Å². The molecule has 0 atom stereocenters. The first kappa shape index (κ1) is 8.55. The van der Waals surface area contributed by atoms with Gasteiger partial charge in [0.2, 0.25) is 0 Å². The normalized spacial score (nSPS) is 11.9. The molecule has 0 aromatic carbocycles. The summed E-state index contributed by atoms with van der Waals surface area (Å²) in [5.41, 5.74) is -0.113. The molecule has 1 N–H and O–H groups in total. The molecule has 0 spiro atoms. The zero-order chi connectivity index (χ0) is 7.98. The average Bonchev–Trinajstić information content (AvgIpc) is 1.87. The minimum absolute atomic E-state index is 0.113. The molecule has 10 heavy (non-hydrogen) atoms. The summed E-state index contributed by atoms with van der Waals surface area (Å²) in [6, 6.07) is 0. The number of rotatable bonds is 3. The van der Waals surface area contributed by atoms with Crippen LogP contribution in [0.1, 0.15) is 6.92 Å². The Balaban J connectivity index is 4.41. The molecule has 0 fully saturated rings. The highest BCUT2D eigenvalue weighted by molar-refractivity contribution is 5.87. The second-order valence-electron chi connectivity index (χ2n) is 1.39. The van der Waals surface area contributed by atoms with Crippen LogP contribution in [-0.2, 0) is 4.79 Å². The van der Waals surface area contributed by atoms with Crippen LogP contribution in [0.3, 0.4) is 0 Å². The van der Waals surface area contributed by atoms with Crippen LogP contribution >= 0.6 is 0 Å². The van der Waals surface area contributed by atoms with E-state index in [-0.39, 0.29) is 5.70 Å². The summed E-state index contributed by atoms with van der Waals surface area (Å²) in [5, 5.41) is 8.37. The van der Waals surface area contributed by atoms with Crippen molar-refractivity contribution < 1.29 is 9.90 Å². The minimum Gasteiger partial charge on any atom is -0.476 e. The summed E-state index contributed by atoms with van der Waals surface area (Å²) < 4.78 is 0. The molecule has 0 aromatic heterocycles. The molecule has 0 aliphatic carbocycles. The Morgan fingerprint density at radius 2 is 2.30 bits per heavy atom. The molecule has 0 aliphatic heterocycles. The van der Waals surface area contributed by atoms with E-state index in [1.807, 2.05) is 0 Å². The van der Waals surface area contributed by atoms with Gasteiger partial charge in [-0.3, -0.25) is 9.98 Å². The first-order valence-electron chi connectivity index (χ1n) is 2.60. The monoisotopic (exact) mass is 140 g/mol. The Hall–Kier alpha value is -1.45.